The van der Waals surface area contributed by atoms with Crippen molar-refractivity contribution in [2.45, 2.75) is 58.9 Å². The van der Waals surface area contributed by atoms with Gasteiger partial charge in [0.05, 0.1) is 21.6 Å². The maximum absolute atomic E-state index is 12.8. The van der Waals surface area contributed by atoms with E-state index in [0.29, 0.717) is 36.7 Å². The number of anilines is 1. The lowest BCUT2D eigenvalue weighted by molar-refractivity contribution is -0.116. The van der Waals surface area contributed by atoms with Crippen LogP contribution in [-0.2, 0) is 27.8 Å². The highest BCUT2D eigenvalue weighted by Gasteiger charge is 2.23. The Bertz CT molecular complexity index is 1170. The Morgan fingerprint density at radius 2 is 1.87 bits per heavy atom. The number of carbonyl (C=O) groups excluding carboxylic acids is 1. The van der Waals surface area contributed by atoms with Crippen LogP contribution in [-0.4, -0.2) is 46.3 Å². The summed E-state index contributed by atoms with van der Waals surface area (Å²) in [6.45, 7) is 11.1. The van der Waals surface area contributed by atoms with Crippen molar-refractivity contribution in [1.82, 2.24) is 18.8 Å². The summed E-state index contributed by atoms with van der Waals surface area (Å²) >= 11 is 1.46. The third-order valence-corrected chi connectivity index (χ3v) is 8.34. The third-order valence-electron chi connectivity index (χ3n) is 5.31. The number of nitrogens with one attached hydrogen (secondary N) is 1. The molecule has 8 nitrogen and oxygen atoms in total. The molecular formula is C21H29N5O3S2. The molecule has 168 valence electrons. The second-order valence-electron chi connectivity index (χ2n) is 7.22. The van der Waals surface area contributed by atoms with Gasteiger partial charge in [-0.15, -0.1) is 11.3 Å². The number of sulfonamides is 1. The highest BCUT2D eigenvalue weighted by molar-refractivity contribution is 7.89. The summed E-state index contributed by atoms with van der Waals surface area (Å²) in [5.41, 5.74) is 2.41. The van der Waals surface area contributed by atoms with Crippen molar-refractivity contribution < 1.29 is 13.2 Å². The van der Waals surface area contributed by atoms with Crippen molar-refractivity contribution in [3.8, 4) is 0 Å². The van der Waals surface area contributed by atoms with E-state index in [1.165, 1.54) is 15.6 Å². The van der Waals surface area contributed by atoms with Gasteiger partial charge in [0.25, 0.3) is 0 Å². The van der Waals surface area contributed by atoms with Gasteiger partial charge in [-0.2, -0.15) is 4.31 Å². The normalized spacial score (nSPS) is 12.1. The molecule has 0 aliphatic rings. The molecule has 10 heteroatoms. The van der Waals surface area contributed by atoms with Crippen molar-refractivity contribution in [3.63, 3.8) is 0 Å². The molecular weight excluding hydrogens is 434 g/mol. The quantitative estimate of drug-likeness (QED) is 0.521. The summed E-state index contributed by atoms with van der Waals surface area (Å²) in [6, 6.07) is 5.06. The number of hydrogen-bond acceptors (Lipinski definition) is 6. The van der Waals surface area contributed by atoms with Crippen molar-refractivity contribution in [2.24, 2.45) is 0 Å². The Labute approximate surface area is 187 Å². The van der Waals surface area contributed by atoms with Gasteiger partial charge in [0.1, 0.15) is 5.82 Å². The number of hydrogen-bond donors (Lipinski definition) is 1. The molecule has 1 amide bonds. The second kappa shape index (κ2) is 9.46. The lowest BCUT2D eigenvalue weighted by Crippen LogP contribution is -2.30. The van der Waals surface area contributed by atoms with Crippen molar-refractivity contribution in [2.75, 3.05) is 18.4 Å². The molecule has 1 N–H and O–H groups in total. The first-order chi connectivity index (χ1) is 14.7. The van der Waals surface area contributed by atoms with E-state index in [2.05, 4.69) is 15.3 Å². The maximum Gasteiger partial charge on any atom is 0.243 e. The van der Waals surface area contributed by atoms with Crippen LogP contribution in [0.2, 0.25) is 0 Å². The smallest absolute Gasteiger partial charge is 0.243 e. The lowest BCUT2D eigenvalue weighted by Gasteiger charge is -2.18. The average molecular weight is 464 g/mol. The van der Waals surface area contributed by atoms with Crippen molar-refractivity contribution in [3.05, 3.63) is 34.6 Å². The van der Waals surface area contributed by atoms with E-state index < -0.39 is 10.0 Å². The summed E-state index contributed by atoms with van der Waals surface area (Å²) < 4.78 is 29.1. The summed E-state index contributed by atoms with van der Waals surface area (Å²) in [6.07, 6.45) is 0.724. The molecule has 0 atom stereocenters. The molecule has 0 unspecified atom stereocenters. The fraction of sp³-hybridized carbons (Fsp3) is 0.476. The minimum atomic E-state index is -3.55. The first-order valence-electron chi connectivity index (χ1n) is 10.4. The Balaban J connectivity index is 1.81. The van der Waals surface area contributed by atoms with E-state index in [1.807, 2.05) is 39.2 Å². The second-order valence-corrected chi connectivity index (χ2v) is 10.4. The van der Waals surface area contributed by atoms with Crippen LogP contribution < -0.4 is 5.32 Å². The van der Waals surface area contributed by atoms with Gasteiger partial charge in [0.2, 0.25) is 15.9 Å². The predicted octanol–water partition coefficient (Wildman–Crippen LogP) is 3.73. The van der Waals surface area contributed by atoms with Crippen LogP contribution in [0.15, 0.2) is 23.1 Å². The average Bonchev–Trinajstić information content (AvgIpc) is 3.24. The van der Waals surface area contributed by atoms with Crippen LogP contribution in [0.25, 0.3) is 11.0 Å². The van der Waals surface area contributed by atoms with Gasteiger partial charge in [-0.05, 0) is 39.0 Å². The number of aromatic nitrogens is 3. The fourth-order valence-electron chi connectivity index (χ4n) is 3.51. The van der Waals surface area contributed by atoms with Gasteiger partial charge in [-0.25, -0.2) is 18.4 Å². The number of rotatable bonds is 9. The number of carbonyl (C=O) groups is 1. The molecule has 1 aromatic carbocycles. The molecule has 3 rings (SSSR count). The first-order valence-corrected chi connectivity index (χ1v) is 12.7. The predicted molar refractivity (Wildman–Crippen MR) is 124 cm³/mol. The van der Waals surface area contributed by atoms with Crippen molar-refractivity contribution in [1.29, 1.82) is 0 Å². The van der Waals surface area contributed by atoms with Gasteiger partial charge in [-0.1, -0.05) is 13.8 Å². The zero-order chi connectivity index (χ0) is 22.8. The lowest BCUT2D eigenvalue weighted by atomic mass is 10.3. The van der Waals surface area contributed by atoms with Gasteiger partial charge in [0, 0.05) is 37.4 Å². The Morgan fingerprint density at radius 3 is 2.45 bits per heavy atom. The highest BCUT2D eigenvalue weighted by atomic mass is 32.2. The van der Waals surface area contributed by atoms with Crippen LogP contribution in [0.3, 0.4) is 0 Å². The van der Waals surface area contributed by atoms with Crippen LogP contribution >= 0.6 is 11.3 Å². The molecule has 0 saturated heterocycles. The van der Waals surface area contributed by atoms with E-state index >= 15 is 0 Å². The summed E-state index contributed by atoms with van der Waals surface area (Å²) in [5, 5.41) is 3.45. The minimum absolute atomic E-state index is 0.117. The fourth-order valence-corrected chi connectivity index (χ4v) is 5.82. The number of benzene rings is 1. The maximum atomic E-state index is 12.8. The topological polar surface area (TPSA) is 97.2 Å². The number of fused-ring (bicyclic) bond motifs is 1. The molecule has 0 fully saturated rings. The molecule has 0 radical (unpaired) electrons. The molecule has 0 aliphatic carbocycles. The van der Waals surface area contributed by atoms with Crippen LogP contribution in [0, 0.1) is 13.8 Å². The molecule has 2 heterocycles. The number of imidazole rings is 1. The van der Waals surface area contributed by atoms with Crippen LogP contribution in [0.4, 0.5) is 5.13 Å². The van der Waals surface area contributed by atoms with Gasteiger partial charge >= 0.3 is 0 Å². The Hall–Kier alpha value is -2.30. The van der Waals surface area contributed by atoms with E-state index in [0.717, 1.165) is 21.9 Å². The summed E-state index contributed by atoms with van der Waals surface area (Å²) in [7, 11) is -3.55. The molecule has 0 spiro atoms. The Morgan fingerprint density at radius 1 is 1.16 bits per heavy atom. The Kier molecular flexibility index (Phi) is 7.13. The van der Waals surface area contributed by atoms with E-state index in [1.54, 1.807) is 18.2 Å². The zero-order valence-corrected chi connectivity index (χ0v) is 20.2. The van der Waals surface area contributed by atoms with Gasteiger partial charge in [0.15, 0.2) is 5.13 Å². The monoisotopic (exact) mass is 463 g/mol. The summed E-state index contributed by atoms with van der Waals surface area (Å²) in [5.74, 6) is 0.643. The van der Waals surface area contributed by atoms with Crippen LogP contribution in [0.5, 0.6) is 0 Å². The number of thiazole rings is 1. The van der Waals surface area contributed by atoms with E-state index in [9.17, 15) is 13.2 Å². The SMILES string of the molecule is CCN(CC)S(=O)(=O)c1ccc2c(c1)nc(CCC(=O)Nc1nc(C)c(C)s1)n2CC. The number of amides is 1. The van der Waals surface area contributed by atoms with E-state index in [-0.39, 0.29) is 17.2 Å². The van der Waals surface area contributed by atoms with Gasteiger partial charge < -0.3 is 9.88 Å². The molecule has 31 heavy (non-hydrogen) atoms. The van der Waals surface area contributed by atoms with Crippen molar-refractivity contribution >= 4 is 43.4 Å². The molecule has 2 aromatic heterocycles. The number of nitrogens with zero attached hydrogens (tertiary/aromatic N) is 4. The van der Waals surface area contributed by atoms with Crippen LogP contribution in [0.1, 0.15) is 43.6 Å². The minimum Gasteiger partial charge on any atom is -0.328 e. The molecule has 0 aliphatic heterocycles. The standard InChI is InChI=1S/C21H29N5O3S2/c1-6-25(7-2)31(28,29)16-9-10-18-17(13-16)23-19(26(18)8-3)11-12-20(27)24-21-22-14(4)15(5)30-21/h9-10,13H,6-8,11-12H2,1-5H3,(H,22,24,27). The molecule has 0 bridgehead atoms. The third kappa shape index (κ3) is 4.81. The highest BCUT2D eigenvalue weighted by Crippen LogP contribution is 2.24. The van der Waals surface area contributed by atoms with Gasteiger partial charge in [-0.3, -0.25) is 4.79 Å². The summed E-state index contributed by atoms with van der Waals surface area (Å²) in [4.78, 5) is 22.7. The largest absolute Gasteiger partial charge is 0.328 e. The zero-order valence-electron chi connectivity index (χ0n) is 18.6. The number of aryl methyl sites for hydroxylation is 4. The molecule has 0 saturated carbocycles. The van der Waals surface area contributed by atoms with E-state index in [4.69, 9.17) is 0 Å². The molecule has 3 aromatic rings. The first kappa shape index (κ1) is 23.4.